The highest BCUT2D eigenvalue weighted by atomic mass is 16.3. The molecule has 0 aliphatic heterocycles. The molecule has 2 heteroatoms. The van der Waals surface area contributed by atoms with Gasteiger partial charge in [-0.3, -0.25) is 0 Å². The summed E-state index contributed by atoms with van der Waals surface area (Å²) in [6.45, 7) is 0. The molecular weight excluding hydrogens is 174 g/mol. The van der Waals surface area contributed by atoms with E-state index in [9.17, 15) is 10.4 Å². The molecular formula is C12H13NO. The number of phenolic OH excluding ortho intramolecular Hbond substituents is 1. The van der Waals surface area contributed by atoms with Gasteiger partial charge in [0.2, 0.25) is 0 Å². The van der Waals surface area contributed by atoms with Gasteiger partial charge in [0.25, 0.3) is 0 Å². The van der Waals surface area contributed by atoms with Gasteiger partial charge in [-0.15, -0.1) is 0 Å². The highest BCUT2D eigenvalue weighted by Crippen LogP contribution is 2.43. The summed E-state index contributed by atoms with van der Waals surface area (Å²) in [5.74, 6) is 0.260. The molecule has 1 aromatic rings. The van der Waals surface area contributed by atoms with Crippen LogP contribution in [0, 0.1) is 11.3 Å². The van der Waals surface area contributed by atoms with E-state index >= 15 is 0 Å². The molecule has 0 saturated heterocycles. The van der Waals surface area contributed by atoms with Gasteiger partial charge in [-0.1, -0.05) is 31.0 Å². The maximum atomic E-state index is 9.72. The molecule has 2 rings (SSSR count). The monoisotopic (exact) mass is 187 g/mol. The summed E-state index contributed by atoms with van der Waals surface area (Å²) < 4.78 is 0. The third-order valence-corrected chi connectivity index (χ3v) is 3.09. The Morgan fingerprint density at radius 3 is 2.43 bits per heavy atom. The second kappa shape index (κ2) is 3.34. The van der Waals surface area contributed by atoms with Crippen LogP contribution in [0.15, 0.2) is 24.3 Å². The van der Waals surface area contributed by atoms with Crippen LogP contribution in [0.1, 0.15) is 31.2 Å². The molecule has 0 radical (unpaired) electrons. The van der Waals surface area contributed by atoms with E-state index in [1.54, 1.807) is 12.1 Å². The molecule has 0 amide bonds. The first kappa shape index (κ1) is 9.08. The van der Waals surface area contributed by atoms with Crippen LogP contribution in [0.5, 0.6) is 5.75 Å². The van der Waals surface area contributed by atoms with Crippen LogP contribution in [0.3, 0.4) is 0 Å². The molecule has 2 nitrogen and oxygen atoms in total. The van der Waals surface area contributed by atoms with Crippen molar-refractivity contribution < 1.29 is 5.11 Å². The van der Waals surface area contributed by atoms with Gasteiger partial charge >= 0.3 is 0 Å². The number of benzene rings is 1. The molecule has 1 N–H and O–H groups in total. The second-order valence-electron chi connectivity index (χ2n) is 3.92. The van der Waals surface area contributed by atoms with Crippen molar-refractivity contribution in [1.29, 1.82) is 5.26 Å². The van der Waals surface area contributed by atoms with Gasteiger partial charge < -0.3 is 5.11 Å². The Bertz CT molecular complexity index is 372. The molecule has 1 saturated carbocycles. The van der Waals surface area contributed by atoms with E-state index in [-0.39, 0.29) is 5.75 Å². The van der Waals surface area contributed by atoms with Crippen molar-refractivity contribution in [2.45, 2.75) is 31.1 Å². The molecule has 1 fully saturated rings. The molecule has 0 atom stereocenters. The maximum absolute atomic E-state index is 9.72. The molecule has 1 aromatic carbocycles. The summed E-state index contributed by atoms with van der Waals surface area (Å²) in [4.78, 5) is 0. The van der Waals surface area contributed by atoms with Crippen LogP contribution in [0.2, 0.25) is 0 Å². The first-order valence-corrected chi connectivity index (χ1v) is 4.98. The number of rotatable bonds is 1. The van der Waals surface area contributed by atoms with E-state index in [4.69, 9.17) is 0 Å². The van der Waals surface area contributed by atoms with Gasteiger partial charge in [-0.2, -0.15) is 5.26 Å². The smallest absolute Gasteiger partial charge is 0.120 e. The number of aromatic hydroxyl groups is 1. The van der Waals surface area contributed by atoms with E-state index in [0.29, 0.717) is 0 Å². The fraction of sp³-hybridized carbons (Fsp3) is 0.417. The lowest BCUT2D eigenvalue weighted by Crippen LogP contribution is -2.19. The van der Waals surface area contributed by atoms with Gasteiger partial charge in [-0.05, 0) is 18.9 Å². The highest BCUT2D eigenvalue weighted by Gasteiger charge is 2.37. The lowest BCUT2D eigenvalue weighted by Gasteiger charge is -2.21. The van der Waals surface area contributed by atoms with Crippen molar-refractivity contribution in [1.82, 2.24) is 0 Å². The first-order chi connectivity index (χ1) is 6.78. The fourth-order valence-electron chi connectivity index (χ4n) is 2.30. The third-order valence-electron chi connectivity index (χ3n) is 3.09. The van der Waals surface area contributed by atoms with Gasteiger partial charge in [0.1, 0.15) is 5.75 Å². The molecule has 1 aliphatic carbocycles. The maximum Gasteiger partial charge on any atom is 0.120 e. The lowest BCUT2D eigenvalue weighted by molar-refractivity contribution is 0.445. The summed E-state index contributed by atoms with van der Waals surface area (Å²) >= 11 is 0. The standard InChI is InChI=1S/C12H13NO/c13-9-12(7-3-4-8-12)10-5-1-2-6-11(10)14/h1-2,5-6,14H,3-4,7-8H2. The average Bonchev–Trinajstić information content (AvgIpc) is 2.68. The predicted octanol–water partition coefficient (Wildman–Crippen LogP) is 2.73. The Kier molecular flexibility index (Phi) is 2.17. The quantitative estimate of drug-likeness (QED) is 0.734. The minimum absolute atomic E-state index is 0.260. The van der Waals surface area contributed by atoms with Crippen molar-refractivity contribution in [3.8, 4) is 11.8 Å². The van der Waals surface area contributed by atoms with E-state index in [1.165, 1.54) is 0 Å². The van der Waals surface area contributed by atoms with E-state index in [0.717, 1.165) is 31.2 Å². The van der Waals surface area contributed by atoms with Gasteiger partial charge in [0.05, 0.1) is 11.5 Å². The van der Waals surface area contributed by atoms with E-state index in [2.05, 4.69) is 6.07 Å². The molecule has 0 unspecified atom stereocenters. The zero-order valence-corrected chi connectivity index (χ0v) is 8.03. The molecule has 0 bridgehead atoms. The first-order valence-electron chi connectivity index (χ1n) is 4.98. The summed E-state index contributed by atoms with van der Waals surface area (Å²) in [5, 5.41) is 18.9. The highest BCUT2D eigenvalue weighted by molar-refractivity contribution is 5.43. The van der Waals surface area contributed by atoms with Crippen molar-refractivity contribution >= 4 is 0 Å². The zero-order valence-electron chi connectivity index (χ0n) is 8.03. The van der Waals surface area contributed by atoms with Crippen molar-refractivity contribution in [2.75, 3.05) is 0 Å². The Balaban J connectivity index is 2.47. The van der Waals surface area contributed by atoms with E-state index in [1.807, 2.05) is 12.1 Å². The van der Waals surface area contributed by atoms with Crippen LogP contribution in [-0.2, 0) is 5.41 Å². The molecule has 14 heavy (non-hydrogen) atoms. The third kappa shape index (κ3) is 1.26. The number of nitrogens with zero attached hydrogens (tertiary/aromatic N) is 1. The number of hydrogen-bond donors (Lipinski definition) is 1. The van der Waals surface area contributed by atoms with Crippen LogP contribution in [0.25, 0.3) is 0 Å². The summed E-state index contributed by atoms with van der Waals surface area (Å²) in [6.07, 6.45) is 3.92. The number of para-hydroxylation sites is 1. The largest absolute Gasteiger partial charge is 0.508 e. The minimum atomic E-state index is -0.425. The normalized spacial score (nSPS) is 19.1. The minimum Gasteiger partial charge on any atom is -0.508 e. The van der Waals surface area contributed by atoms with Crippen molar-refractivity contribution in [3.63, 3.8) is 0 Å². The van der Waals surface area contributed by atoms with Crippen LogP contribution >= 0.6 is 0 Å². The summed E-state index contributed by atoms with van der Waals surface area (Å²) in [5.41, 5.74) is 0.380. The number of phenols is 1. The van der Waals surface area contributed by atoms with Crippen molar-refractivity contribution in [3.05, 3.63) is 29.8 Å². The topological polar surface area (TPSA) is 44.0 Å². The number of hydrogen-bond acceptors (Lipinski definition) is 2. The number of nitriles is 1. The Labute approximate surface area is 83.8 Å². The predicted molar refractivity (Wildman–Crippen MR) is 53.9 cm³/mol. The molecule has 0 heterocycles. The van der Waals surface area contributed by atoms with Crippen LogP contribution < -0.4 is 0 Å². The van der Waals surface area contributed by atoms with Gasteiger partial charge in [0, 0.05) is 5.56 Å². The Hall–Kier alpha value is -1.49. The molecule has 0 aromatic heterocycles. The van der Waals surface area contributed by atoms with E-state index < -0.39 is 5.41 Å². The SMILES string of the molecule is N#CC1(c2ccccc2O)CCCC1. The van der Waals surface area contributed by atoms with Crippen LogP contribution in [-0.4, -0.2) is 5.11 Å². The Morgan fingerprint density at radius 2 is 1.86 bits per heavy atom. The van der Waals surface area contributed by atoms with Gasteiger partial charge in [-0.25, -0.2) is 0 Å². The lowest BCUT2D eigenvalue weighted by atomic mass is 9.80. The zero-order chi connectivity index (χ0) is 10.0. The average molecular weight is 187 g/mol. The Morgan fingerprint density at radius 1 is 1.21 bits per heavy atom. The molecule has 1 aliphatic rings. The second-order valence-corrected chi connectivity index (χ2v) is 3.92. The van der Waals surface area contributed by atoms with Gasteiger partial charge in [0.15, 0.2) is 0 Å². The molecule has 0 spiro atoms. The molecule has 72 valence electrons. The summed E-state index contributed by atoms with van der Waals surface area (Å²) in [6, 6.07) is 9.57. The van der Waals surface area contributed by atoms with Crippen molar-refractivity contribution in [2.24, 2.45) is 0 Å². The van der Waals surface area contributed by atoms with Crippen LogP contribution in [0.4, 0.5) is 0 Å². The fourth-order valence-corrected chi connectivity index (χ4v) is 2.30. The summed E-state index contributed by atoms with van der Waals surface area (Å²) in [7, 11) is 0.